The Morgan fingerprint density at radius 2 is 1.71 bits per heavy atom. The average Bonchev–Trinajstić information content (AvgIpc) is 3.39. The molecule has 0 saturated carbocycles. The molecule has 0 radical (unpaired) electrons. The van der Waals surface area contributed by atoms with E-state index < -0.39 is 0 Å². The molecule has 10 nitrogen and oxygen atoms in total. The molecule has 3 atom stereocenters. The van der Waals surface area contributed by atoms with Crippen LogP contribution in [0.1, 0.15) is 39.3 Å². The van der Waals surface area contributed by atoms with Crippen molar-refractivity contribution in [2.24, 2.45) is 0 Å². The summed E-state index contributed by atoms with van der Waals surface area (Å²) in [6.45, 7) is 9.52. The van der Waals surface area contributed by atoms with Crippen LogP contribution in [0.5, 0.6) is 0 Å². The molecule has 0 N–H and O–H groups in total. The molecule has 35 heavy (non-hydrogen) atoms. The second-order valence-corrected chi connectivity index (χ2v) is 9.66. The summed E-state index contributed by atoms with van der Waals surface area (Å²) in [5.74, 6) is 0.924. The lowest BCUT2D eigenvalue weighted by Crippen LogP contribution is -2.45. The summed E-state index contributed by atoms with van der Waals surface area (Å²) in [7, 11) is 0. The Hall–Kier alpha value is -2.82. The van der Waals surface area contributed by atoms with E-state index in [1.807, 2.05) is 16.9 Å². The third kappa shape index (κ3) is 4.34. The van der Waals surface area contributed by atoms with E-state index in [0.717, 1.165) is 72.9 Å². The second kappa shape index (κ2) is 9.67. The molecule has 186 valence electrons. The molecule has 3 saturated heterocycles. The van der Waals surface area contributed by atoms with Gasteiger partial charge in [0.25, 0.3) is 0 Å². The Morgan fingerprint density at radius 1 is 0.914 bits per heavy atom. The monoisotopic (exact) mass is 479 g/mol. The van der Waals surface area contributed by atoms with Crippen molar-refractivity contribution in [1.82, 2.24) is 24.7 Å². The first kappa shape index (κ1) is 22.6. The molecule has 3 fully saturated rings. The number of rotatable bonds is 4. The highest BCUT2D eigenvalue weighted by atomic mass is 16.5. The Morgan fingerprint density at radius 3 is 2.46 bits per heavy atom. The van der Waals surface area contributed by atoms with Crippen LogP contribution in [0.25, 0.3) is 22.4 Å². The molecule has 10 heteroatoms. The third-order valence-corrected chi connectivity index (χ3v) is 7.20. The number of fused-ring (bicyclic) bond motifs is 1. The average molecular weight is 480 g/mol. The molecular formula is C25H33N7O3. The molecular weight excluding hydrogens is 446 g/mol. The number of anilines is 2. The maximum Gasteiger partial charge on any atom is 0.150 e. The Bertz CT molecular complexity index is 1180. The number of pyridine rings is 1. The molecule has 3 aliphatic heterocycles. The standard InChI is InChI=1S/C25H33N7O3/c1-17-14-33-11-8-30(17)20-13-21(31-9-12-34-15-18(31)2)28-25-23(26-16-27-24(20)25)19-6-7-32(29-19)22-5-3-4-10-35-22/h6-7,13,16-18,22H,3-5,8-12,14-15H2,1-2H3/t17-,18-,22?/m1/s1. The topological polar surface area (TPSA) is 90.7 Å². The number of aromatic nitrogens is 5. The van der Waals surface area contributed by atoms with Crippen LogP contribution in [-0.2, 0) is 14.2 Å². The van der Waals surface area contributed by atoms with Gasteiger partial charge < -0.3 is 24.0 Å². The van der Waals surface area contributed by atoms with Gasteiger partial charge in [0.2, 0.25) is 0 Å². The van der Waals surface area contributed by atoms with Crippen molar-refractivity contribution < 1.29 is 14.2 Å². The fourth-order valence-electron chi connectivity index (χ4n) is 5.27. The molecule has 3 aromatic heterocycles. The number of ether oxygens (including phenoxy) is 3. The van der Waals surface area contributed by atoms with Crippen LogP contribution in [0, 0.1) is 0 Å². The van der Waals surface area contributed by atoms with E-state index in [9.17, 15) is 0 Å². The minimum absolute atomic E-state index is 0.0203. The van der Waals surface area contributed by atoms with E-state index in [4.69, 9.17) is 29.3 Å². The first-order valence-corrected chi connectivity index (χ1v) is 12.7. The first-order valence-electron chi connectivity index (χ1n) is 12.7. The van der Waals surface area contributed by atoms with Crippen LogP contribution >= 0.6 is 0 Å². The Balaban J connectivity index is 1.47. The zero-order valence-corrected chi connectivity index (χ0v) is 20.5. The fraction of sp³-hybridized carbons (Fsp3) is 0.600. The molecule has 3 aliphatic rings. The predicted octanol–water partition coefficient (Wildman–Crippen LogP) is 3.04. The van der Waals surface area contributed by atoms with Gasteiger partial charge in [0, 0.05) is 38.0 Å². The smallest absolute Gasteiger partial charge is 0.150 e. The van der Waals surface area contributed by atoms with Gasteiger partial charge in [-0.25, -0.2) is 19.6 Å². The third-order valence-electron chi connectivity index (χ3n) is 7.20. The van der Waals surface area contributed by atoms with Gasteiger partial charge in [0.15, 0.2) is 0 Å². The van der Waals surface area contributed by atoms with Crippen LogP contribution in [-0.4, -0.2) is 82.9 Å². The summed E-state index contributed by atoms with van der Waals surface area (Å²) in [4.78, 5) is 19.2. The minimum atomic E-state index is -0.0203. The molecule has 3 aromatic rings. The van der Waals surface area contributed by atoms with Crippen LogP contribution < -0.4 is 9.80 Å². The van der Waals surface area contributed by atoms with E-state index >= 15 is 0 Å². The van der Waals surface area contributed by atoms with Crippen molar-refractivity contribution in [3.8, 4) is 11.4 Å². The van der Waals surface area contributed by atoms with Gasteiger partial charge in [-0.3, -0.25) is 0 Å². The fourth-order valence-corrected chi connectivity index (χ4v) is 5.27. The van der Waals surface area contributed by atoms with Crippen molar-refractivity contribution in [2.45, 2.75) is 51.4 Å². The van der Waals surface area contributed by atoms with E-state index in [2.05, 4.69) is 34.7 Å². The van der Waals surface area contributed by atoms with E-state index in [-0.39, 0.29) is 18.3 Å². The van der Waals surface area contributed by atoms with Gasteiger partial charge in [-0.05, 0) is 39.2 Å². The molecule has 1 unspecified atom stereocenters. The number of hydrogen-bond donors (Lipinski definition) is 0. The summed E-state index contributed by atoms with van der Waals surface area (Å²) in [5.41, 5.74) is 4.21. The zero-order chi connectivity index (χ0) is 23.8. The van der Waals surface area contributed by atoms with Crippen molar-refractivity contribution in [3.63, 3.8) is 0 Å². The lowest BCUT2D eigenvalue weighted by Gasteiger charge is -2.38. The van der Waals surface area contributed by atoms with E-state index in [1.165, 1.54) is 0 Å². The van der Waals surface area contributed by atoms with Gasteiger partial charge in [-0.15, -0.1) is 0 Å². The number of hydrogen-bond acceptors (Lipinski definition) is 9. The highest BCUT2D eigenvalue weighted by Gasteiger charge is 2.28. The van der Waals surface area contributed by atoms with Gasteiger partial charge in [-0.2, -0.15) is 5.10 Å². The highest BCUT2D eigenvalue weighted by Crippen LogP contribution is 2.35. The second-order valence-electron chi connectivity index (χ2n) is 9.66. The molecule has 6 heterocycles. The summed E-state index contributed by atoms with van der Waals surface area (Å²) < 4.78 is 19.3. The van der Waals surface area contributed by atoms with Crippen LogP contribution in [0.3, 0.4) is 0 Å². The number of morpholine rings is 2. The van der Waals surface area contributed by atoms with Crippen LogP contribution in [0.2, 0.25) is 0 Å². The van der Waals surface area contributed by atoms with Crippen molar-refractivity contribution in [1.29, 1.82) is 0 Å². The minimum Gasteiger partial charge on any atom is -0.377 e. The lowest BCUT2D eigenvalue weighted by atomic mass is 10.1. The predicted molar refractivity (Wildman–Crippen MR) is 133 cm³/mol. The largest absolute Gasteiger partial charge is 0.377 e. The molecule has 0 aromatic carbocycles. The van der Waals surface area contributed by atoms with Gasteiger partial charge in [0.1, 0.15) is 40.8 Å². The lowest BCUT2D eigenvalue weighted by molar-refractivity contribution is -0.0393. The maximum atomic E-state index is 5.94. The van der Waals surface area contributed by atoms with Crippen molar-refractivity contribution >= 4 is 22.5 Å². The van der Waals surface area contributed by atoms with Crippen LogP contribution in [0.4, 0.5) is 11.5 Å². The Kier molecular flexibility index (Phi) is 6.26. The molecule has 0 amide bonds. The normalized spacial score (nSPS) is 25.8. The summed E-state index contributed by atoms with van der Waals surface area (Å²) >= 11 is 0. The number of nitrogens with zero attached hydrogens (tertiary/aromatic N) is 7. The quantitative estimate of drug-likeness (QED) is 0.560. The summed E-state index contributed by atoms with van der Waals surface area (Å²) in [5, 5.41) is 4.86. The van der Waals surface area contributed by atoms with Gasteiger partial charge >= 0.3 is 0 Å². The summed E-state index contributed by atoms with van der Waals surface area (Å²) in [6.07, 6.45) is 6.82. The maximum absolute atomic E-state index is 5.94. The van der Waals surface area contributed by atoms with E-state index in [0.29, 0.717) is 26.4 Å². The molecule has 0 aliphatic carbocycles. The first-order chi connectivity index (χ1) is 17.2. The van der Waals surface area contributed by atoms with Gasteiger partial charge in [-0.1, -0.05) is 0 Å². The van der Waals surface area contributed by atoms with Gasteiger partial charge in [0.05, 0.1) is 38.2 Å². The molecule has 0 spiro atoms. The van der Waals surface area contributed by atoms with Crippen molar-refractivity contribution in [2.75, 3.05) is 55.9 Å². The highest BCUT2D eigenvalue weighted by molar-refractivity contribution is 5.97. The zero-order valence-electron chi connectivity index (χ0n) is 20.5. The van der Waals surface area contributed by atoms with E-state index in [1.54, 1.807) is 6.33 Å². The van der Waals surface area contributed by atoms with Crippen molar-refractivity contribution in [3.05, 3.63) is 24.7 Å². The SMILES string of the molecule is C[C@@H]1COCCN1c1cc(N2CCOC[C@H]2C)c2ncnc(-c3ccn(C4CCCCO4)n3)c2n1. The summed E-state index contributed by atoms with van der Waals surface area (Å²) in [6, 6.07) is 4.66. The molecule has 0 bridgehead atoms. The molecule has 6 rings (SSSR count). The Labute approximate surface area is 205 Å². The van der Waals surface area contributed by atoms with Crippen LogP contribution in [0.15, 0.2) is 24.7 Å².